The van der Waals surface area contributed by atoms with Crippen LogP contribution in [0.1, 0.15) is 148 Å². The van der Waals surface area contributed by atoms with Gasteiger partial charge in [-0.2, -0.15) is 30.4 Å². The number of carbonyl (C=O) groups is 1. The summed E-state index contributed by atoms with van der Waals surface area (Å²) in [5.41, 5.74) is 17.9. The molecular formula is C50H64Cl4N20O. The Morgan fingerprint density at radius 1 is 0.627 bits per heavy atom. The van der Waals surface area contributed by atoms with Crippen molar-refractivity contribution in [1.29, 1.82) is 0 Å². The smallest absolute Gasteiger partial charge is 0.229 e. The summed E-state index contributed by atoms with van der Waals surface area (Å²) >= 11 is 16.8. The number of nitrogens with one attached hydrogen (secondary N) is 2. The Hall–Kier alpha value is -6.23. The number of rotatable bonds is 6. The fourth-order valence-electron chi connectivity index (χ4n) is 9.36. The van der Waals surface area contributed by atoms with E-state index in [-0.39, 0.29) is 34.2 Å². The highest BCUT2D eigenvalue weighted by Crippen LogP contribution is 2.33. The molecule has 0 amide bonds. The van der Waals surface area contributed by atoms with Gasteiger partial charge in [-0.15, -0.1) is 12.4 Å². The van der Waals surface area contributed by atoms with Gasteiger partial charge in [-0.05, 0) is 120 Å². The molecule has 3 aliphatic carbocycles. The molecule has 21 nitrogen and oxygen atoms in total. The number of aryl methyl sites for hydroxylation is 4. The molecule has 0 radical (unpaired) electrons. The molecule has 9 heterocycles. The predicted molar refractivity (Wildman–Crippen MR) is 296 cm³/mol. The number of ketones is 1. The van der Waals surface area contributed by atoms with E-state index in [0.717, 1.165) is 67.3 Å². The van der Waals surface area contributed by atoms with Gasteiger partial charge in [0, 0.05) is 24.6 Å². The molecule has 25 heteroatoms. The van der Waals surface area contributed by atoms with E-state index in [1.54, 1.807) is 27.8 Å². The molecule has 398 valence electrons. The van der Waals surface area contributed by atoms with Crippen LogP contribution in [0.5, 0.6) is 0 Å². The first-order chi connectivity index (χ1) is 35.8. The second-order valence-electron chi connectivity index (χ2n) is 18.9. The van der Waals surface area contributed by atoms with Crippen LogP contribution in [0.3, 0.4) is 0 Å². The Labute approximate surface area is 455 Å². The normalized spacial score (nSPS) is 15.2. The van der Waals surface area contributed by atoms with E-state index < -0.39 is 0 Å². The van der Waals surface area contributed by atoms with Crippen molar-refractivity contribution >= 4 is 104 Å². The number of nitrogens with zero attached hydrogens (tertiary/aromatic N) is 16. The Bertz CT molecular complexity index is 3280. The monoisotopic (exact) mass is 1100 g/mol. The van der Waals surface area contributed by atoms with Gasteiger partial charge in [-0.25, -0.2) is 48.3 Å². The highest BCUT2D eigenvalue weighted by atomic mass is 35.5. The Morgan fingerprint density at radius 2 is 1.12 bits per heavy atom. The molecule has 9 aromatic rings. The summed E-state index contributed by atoms with van der Waals surface area (Å²) in [5, 5.41) is 23.3. The Balaban J connectivity index is 0.000000147. The third kappa shape index (κ3) is 14.4. The average Bonchev–Trinajstić information content (AvgIpc) is 4.21. The van der Waals surface area contributed by atoms with Crippen molar-refractivity contribution in [3.05, 3.63) is 99.6 Å². The zero-order valence-electron chi connectivity index (χ0n) is 42.8. The molecule has 3 saturated carbocycles. The number of halogens is 4. The lowest BCUT2D eigenvalue weighted by atomic mass is 9.96. The maximum atomic E-state index is 10.8. The molecule has 12 rings (SSSR count). The van der Waals surface area contributed by atoms with Crippen molar-refractivity contribution in [3.8, 4) is 0 Å². The molecule has 0 spiro atoms. The van der Waals surface area contributed by atoms with Crippen molar-refractivity contribution in [2.24, 2.45) is 5.84 Å². The summed E-state index contributed by atoms with van der Waals surface area (Å²) in [4.78, 5) is 43.9. The van der Waals surface area contributed by atoms with Crippen LogP contribution in [0.2, 0.25) is 15.7 Å². The average molecular weight is 1100 g/mol. The molecule has 0 atom stereocenters. The summed E-state index contributed by atoms with van der Waals surface area (Å²) in [6, 6.07) is 5.42. The number of hydrazine groups is 1. The van der Waals surface area contributed by atoms with Crippen LogP contribution in [0.15, 0.2) is 55.8 Å². The summed E-state index contributed by atoms with van der Waals surface area (Å²) in [7, 11) is 0. The second kappa shape index (κ2) is 26.5. The van der Waals surface area contributed by atoms with Crippen molar-refractivity contribution < 1.29 is 4.79 Å². The standard InChI is InChI=1S/C19H22N8.C12H15ClN4.C7H8N4.C6H4Cl2N2O.C6H14N2.ClH/c1-12-8-17-21-11-22-26(17)10-16(12)23-19-20-9-15-13(2)25-27(18(15)24-19)14-6-4-3-5-7-14;1-8-10-7-14-12(13)15-11(10)17(16-8)9-5-3-2-4-6-9;1-5-2-7-9-4-10-11(7)3-6(5)8;1-3(11)4-2-9-6(8)10-5(4)7;7-8-6-4-2-1-3-5-6;/h8-11,14H,3-7H2,1-2H3,(H,20,23,24);7,9H,2-6H2,1H3;2-4H,8H2,1H3;2H,1H3;6,8H,1-5,7H2;1H. The molecule has 75 heavy (non-hydrogen) atoms. The van der Waals surface area contributed by atoms with E-state index in [1.807, 2.05) is 52.2 Å². The van der Waals surface area contributed by atoms with E-state index in [2.05, 4.69) is 70.3 Å². The van der Waals surface area contributed by atoms with Gasteiger partial charge >= 0.3 is 0 Å². The van der Waals surface area contributed by atoms with Crippen LogP contribution in [-0.2, 0) is 0 Å². The zero-order valence-corrected chi connectivity index (χ0v) is 45.9. The Morgan fingerprint density at radius 3 is 1.65 bits per heavy atom. The van der Waals surface area contributed by atoms with Gasteiger partial charge in [0.15, 0.2) is 28.4 Å². The van der Waals surface area contributed by atoms with Crippen molar-refractivity contribution in [1.82, 2.24) is 84.1 Å². The summed E-state index contributed by atoms with van der Waals surface area (Å²) in [6.07, 6.45) is 30.8. The highest BCUT2D eigenvalue weighted by Gasteiger charge is 2.22. The van der Waals surface area contributed by atoms with Crippen LogP contribution in [-0.4, -0.2) is 90.5 Å². The maximum absolute atomic E-state index is 10.8. The molecule has 9 aromatic heterocycles. The van der Waals surface area contributed by atoms with Gasteiger partial charge in [-0.3, -0.25) is 16.1 Å². The molecule has 3 aliphatic rings. The number of nitrogen functional groups attached to an aromatic ring is 1. The fourth-order valence-corrected chi connectivity index (χ4v) is 9.93. The van der Waals surface area contributed by atoms with Crippen LogP contribution in [0, 0.1) is 27.7 Å². The molecule has 0 unspecified atom stereocenters. The minimum absolute atomic E-state index is 0. The minimum Gasteiger partial charge on any atom is -0.397 e. The topological polar surface area (TPSA) is 267 Å². The van der Waals surface area contributed by atoms with Gasteiger partial charge < -0.3 is 11.1 Å². The van der Waals surface area contributed by atoms with Crippen molar-refractivity contribution in [3.63, 3.8) is 0 Å². The maximum Gasteiger partial charge on any atom is 0.229 e. The third-order valence-electron chi connectivity index (χ3n) is 13.5. The van der Waals surface area contributed by atoms with Crippen LogP contribution >= 0.6 is 47.2 Å². The van der Waals surface area contributed by atoms with E-state index in [9.17, 15) is 4.79 Å². The molecular weight excluding hydrogens is 1040 g/mol. The molecule has 6 N–H and O–H groups in total. The summed E-state index contributed by atoms with van der Waals surface area (Å²) < 4.78 is 7.56. The number of hydrogen-bond acceptors (Lipinski definition) is 17. The first-order valence-electron chi connectivity index (χ1n) is 25.1. The van der Waals surface area contributed by atoms with Gasteiger partial charge in [0.1, 0.15) is 17.8 Å². The second-order valence-corrected chi connectivity index (χ2v) is 19.9. The first kappa shape index (κ1) is 56.5. The van der Waals surface area contributed by atoms with Crippen LogP contribution < -0.4 is 22.3 Å². The molecule has 0 bridgehead atoms. The predicted octanol–water partition coefficient (Wildman–Crippen LogP) is 10.8. The first-order valence-corrected chi connectivity index (χ1v) is 26.3. The number of aromatic nitrogens is 16. The number of hydrogen-bond donors (Lipinski definition) is 4. The highest BCUT2D eigenvalue weighted by molar-refractivity contribution is 6.34. The number of Topliss-reactive ketones (excluding diaryl/α,β-unsaturated/α-hetero) is 1. The van der Waals surface area contributed by atoms with Crippen molar-refractivity contribution in [2.45, 2.75) is 149 Å². The number of pyridine rings is 2. The number of nitrogens with two attached hydrogens (primary N) is 2. The molecule has 3 fully saturated rings. The quantitative estimate of drug-likeness (QED) is 0.0396. The summed E-state index contributed by atoms with van der Waals surface area (Å²) in [6.45, 7) is 9.40. The fraction of sp³-hybridized carbons (Fsp3) is 0.460. The SMILES string of the molecule is CC(=O)c1cnc(Cl)nc1Cl.Cc1cc2ncnn2cc1N.Cc1cc2ncnn2cc1Nc1ncc2c(C)nn(C3CCCCC3)c2n1.Cc1nn(C2CCCCC2)c2nc(Cl)ncc12.Cl.NNC1CCCCC1. The molecule has 0 aliphatic heterocycles. The van der Waals surface area contributed by atoms with Gasteiger partial charge in [-0.1, -0.05) is 69.4 Å². The number of fused-ring (bicyclic) bond motifs is 4. The van der Waals surface area contributed by atoms with E-state index in [0.29, 0.717) is 29.4 Å². The third-order valence-corrected chi connectivity index (χ3v) is 14.2. The summed E-state index contributed by atoms with van der Waals surface area (Å²) in [5.74, 6) is 5.65. The van der Waals surface area contributed by atoms with Crippen LogP contribution in [0.25, 0.3) is 33.4 Å². The zero-order chi connectivity index (χ0) is 52.3. The van der Waals surface area contributed by atoms with Crippen molar-refractivity contribution in [2.75, 3.05) is 11.1 Å². The number of anilines is 3. The molecule has 0 saturated heterocycles. The number of carbonyl (C=O) groups excluding carboxylic acids is 1. The lowest BCUT2D eigenvalue weighted by Gasteiger charge is -2.22. The van der Waals surface area contributed by atoms with Gasteiger partial charge in [0.25, 0.3) is 0 Å². The molecule has 0 aromatic carbocycles. The lowest BCUT2D eigenvalue weighted by Crippen LogP contribution is -2.36. The van der Waals surface area contributed by atoms with E-state index in [1.165, 1.54) is 116 Å². The minimum atomic E-state index is -0.174. The van der Waals surface area contributed by atoms with Gasteiger partial charge in [0.2, 0.25) is 16.5 Å². The van der Waals surface area contributed by atoms with Gasteiger partial charge in [0.05, 0.1) is 63.6 Å². The van der Waals surface area contributed by atoms with E-state index in [4.69, 9.17) is 56.5 Å². The Kier molecular flexibility index (Phi) is 20.0. The van der Waals surface area contributed by atoms with Crippen LogP contribution in [0.4, 0.5) is 17.3 Å². The van der Waals surface area contributed by atoms with E-state index >= 15 is 0 Å². The largest absolute Gasteiger partial charge is 0.397 e. The lowest BCUT2D eigenvalue weighted by molar-refractivity contribution is 0.101.